The van der Waals surface area contributed by atoms with Gasteiger partial charge in [-0.1, -0.05) is 55.8 Å². The Balaban J connectivity index is 1.73. The molecule has 4 rings (SSSR count). The molecule has 1 aromatic heterocycles. The normalized spacial score (nSPS) is 18.5. The van der Waals surface area contributed by atoms with E-state index in [0.717, 1.165) is 28.6 Å². The van der Waals surface area contributed by atoms with Crippen LogP contribution in [0, 0.1) is 12.8 Å². The largest absolute Gasteiger partial charge is 0.354 e. The average Bonchev–Trinajstić information content (AvgIpc) is 3.10. The number of aromatic nitrogens is 2. The monoisotopic (exact) mass is 418 g/mol. The van der Waals surface area contributed by atoms with Crippen molar-refractivity contribution in [3.63, 3.8) is 0 Å². The van der Waals surface area contributed by atoms with Crippen LogP contribution in [0.3, 0.4) is 0 Å². The highest BCUT2D eigenvalue weighted by molar-refractivity contribution is 6.01. The van der Waals surface area contributed by atoms with E-state index in [1.54, 1.807) is 4.90 Å². The molecular formula is C25H30N4O2. The minimum Gasteiger partial charge on any atom is -0.354 e. The first-order valence-electron chi connectivity index (χ1n) is 10.9. The molecule has 6 nitrogen and oxygen atoms in total. The number of imidazole rings is 1. The molecule has 0 saturated heterocycles. The van der Waals surface area contributed by atoms with Crippen molar-refractivity contribution in [2.24, 2.45) is 5.92 Å². The summed E-state index contributed by atoms with van der Waals surface area (Å²) in [6, 6.07) is 15.8. The van der Waals surface area contributed by atoms with E-state index in [9.17, 15) is 9.59 Å². The van der Waals surface area contributed by atoms with Gasteiger partial charge in [-0.15, -0.1) is 0 Å². The smallest absolute Gasteiger partial charge is 0.291 e. The fourth-order valence-corrected chi connectivity index (χ4v) is 4.12. The summed E-state index contributed by atoms with van der Waals surface area (Å²) >= 11 is 0. The second kappa shape index (κ2) is 8.17. The summed E-state index contributed by atoms with van der Waals surface area (Å²) in [6.45, 7) is 9.48. The van der Waals surface area contributed by atoms with Gasteiger partial charge in [0.2, 0.25) is 5.91 Å². The molecule has 0 aliphatic carbocycles. The Morgan fingerprint density at radius 1 is 1.16 bits per heavy atom. The summed E-state index contributed by atoms with van der Waals surface area (Å²) in [5.41, 5.74) is 2.78. The molecule has 1 aliphatic heterocycles. The van der Waals surface area contributed by atoms with Gasteiger partial charge in [0, 0.05) is 13.1 Å². The molecule has 2 aromatic carbocycles. The number of nitrogens with one attached hydrogen (secondary N) is 1. The average molecular weight is 419 g/mol. The Morgan fingerprint density at radius 2 is 1.87 bits per heavy atom. The van der Waals surface area contributed by atoms with Crippen LogP contribution in [0.5, 0.6) is 0 Å². The minimum absolute atomic E-state index is 0.128. The highest BCUT2D eigenvalue weighted by Gasteiger charge is 2.48. The van der Waals surface area contributed by atoms with Crippen molar-refractivity contribution in [3.8, 4) is 0 Å². The van der Waals surface area contributed by atoms with Crippen LogP contribution in [-0.4, -0.2) is 38.3 Å². The summed E-state index contributed by atoms with van der Waals surface area (Å²) in [4.78, 5) is 33.3. The van der Waals surface area contributed by atoms with Gasteiger partial charge in [0.25, 0.3) is 5.91 Å². The Hall–Kier alpha value is -3.15. The molecule has 162 valence electrons. The lowest BCUT2D eigenvalue weighted by Crippen LogP contribution is -2.63. The number of benzene rings is 2. The van der Waals surface area contributed by atoms with E-state index < -0.39 is 5.54 Å². The molecule has 2 heterocycles. The molecule has 1 unspecified atom stereocenters. The molecule has 0 spiro atoms. The van der Waals surface area contributed by atoms with E-state index in [1.165, 1.54) is 0 Å². The zero-order chi connectivity index (χ0) is 22.2. The van der Waals surface area contributed by atoms with Gasteiger partial charge < -0.3 is 14.8 Å². The maximum absolute atomic E-state index is 13.6. The topological polar surface area (TPSA) is 67.2 Å². The fourth-order valence-electron chi connectivity index (χ4n) is 4.12. The predicted octanol–water partition coefficient (Wildman–Crippen LogP) is 3.92. The lowest BCUT2D eigenvalue weighted by molar-refractivity contribution is -0.133. The molecule has 1 atom stereocenters. The maximum Gasteiger partial charge on any atom is 0.291 e. The molecule has 0 bridgehead atoms. The van der Waals surface area contributed by atoms with Crippen molar-refractivity contribution >= 4 is 22.8 Å². The first-order chi connectivity index (χ1) is 14.8. The molecule has 0 saturated carbocycles. The summed E-state index contributed by atoms with van der Waals surface area (Å²) < 4.78 is 1.89. The van der Waals surface area contributed by atoms with Crippen LogP contribution >= 0.6 is 0 Å². The minimum atomic E-state index is -1.02. The van der Waals surface area contributed by atoms with Crippen LogP contribution in [0.2, 0.25) is 0 Å². The Labute approximate surface area is 183 Å². The number of amides is 2. The Kier molecular flexibility index (Phi) is 5.56. The van der Waals surface area contributed by atoms with Gasteiger partial charge in [0.1, 0.15) is 5.54 Å². The highest BCUT2D eigenvalue weighted by atomic mass is 16.2. The number of para-hydroxylation sites is 2. The van der Waals surface area contributed by atoms with Crippen LogP contribution in [-0.2, 0) is 17.9 Å². The number of rotatable bonds is 6. The lowest BCUT2D eigenvalue weighted by atomic mass is 9.94. The molecule has 3 aromatic rings. The van der Waals surface area contributed by atoms with E-state index >= 15 is 0 Å². The molecule has 6 heteroatoms. The van der Waals surface area contributed by atoms with Crippen LogP contribution in [0.1, 0.15) is 48.9 Å². The molecule has 31 heavy (non-hydrogen) atoms. The van der Waals surface area contributed by atoms with E-state index in [2.05, 4.69) is 24.1 Å². The SMILES string of the molecule is Cc1ccc(CN2C(=O)c3nc4ccccc4n3CC2(C)C(=O)NCCC(C)C)cc1. The van der Waals surface area contributed by atoms with Gasteiger partial charge >= 0.3 is 0 Å². The number of fused-ring (bicyclic) bond motifs is 3. The molecule has 0 fully saturated rings. The standard InChI is InChI=1S/C25H30N4O2/c1-17(2)13-14-26-24(31)25(4)16-28-21-8-6-5-7-20(21)27-22(28)23(30)29(25)15-19-11-9-18(3)10-12-19/h5-12,17H,13-16H2,1-4H3,(H,26,31). The van der Waals surface area contributed by atoms with Crippen molar-refractivity contribution in [2.45, 2.75) is 52.7 Å². The molecule has 0 radical (unpaired) electrons. The van der Waals surface area contributed by atoms with Crippen LogP contribution in [0.4, 0.5) is 0 Å². The second-order valence-electron chi connectivity index (χ2n) is 9.10. The third kappa shape index (κ3) is 3.94. The fraction of sp³-hybridized carbons (Fsp3) is 0.400. The number of hydrogen-bond donors (Lipinski definition) is 1. The summed E-state index contributed by atoms with van der Waals surface area (Å²) in [6.07, 6.45) is 0.896. The maximum atomic E-state index is 13.6. The second-order valence-corrected chi connectivity index (χ2v) is 9.10. The summed E-state index contributed by atoms with van der Waals surface area (Å²) in [5, 5.41) is 3.07. The predicted molar refractivity (Wildman–Crippen MR) is 122 cm³/mol. The third-order valence-electron chi connectivity index (χ3n) is 6.11. The van der Waals surface area contributed by atoms with Crippen LogP contribution in [0.15, 0.2) is 48.5 Å². The number of hydrogen-bond acceptors (Lipinski definition) is 3. The number of aryl methyl sites for hydroxylation is 1. The van der Waals surface area contributed by atoms with Gasteiger partial charge in [-0.25, -0.2) is 4.98 Å². The van der Waals surface area contributed by atoms with E-state index in [0.29, 0.717) is 31.4 Å². The Morgan fingerprint density at radius 3 is 2.58 bits per heavy atom. The van der Waals surface area contributed by atoms with Gasteiger partial charge in [-0.3, -0.25) is 9.59 Å². The van der Waals surface area contributed by atoms with E-state index in [4.69, 9.17) is 0 Å². The molecule has 2 amide bonds. The molecule has 1 aliphatic rings. The van der Waals surface area contributed by atoms with E-state index in [1.807, 2.05) is 66.9 Å². The summed E-state index contributed by atoms with van der Waals surface area (Å²) in [7, 11) is 0. The van der Waals surface area contributed by atoms with E-state index in [-0.39, 0.29) is 11.8 Å². The zero-order valence-electron chi connectivity index (χ0n) is 18.7. The van der Waals surface area contributed by atoms with Crippen molar-refractivity contribution in [2.75, 3.05) is 6.54 Å². The van der Waals surface area contributed by atoms with Gasteiger partial charge in [0.05, 0.1) is 17.6 Å². The summed E-state index contributed by atoms with van der Waals surface area (Å²) in [5.74, 6) is 0.538. The highest BCUT2D eigenvalue weighted by Crippen LogP contribution is 2.32. The molecule has 1 N–H and O–H groups in total. The van der Waals surface area contributed by atoms with Crippen molar-refractivity contribution in [1.29, 1.82) is 0 Å². The number of carbonyl (C=O) groups excluding carboxylic acids is 2. The van der Waals surface area contributed by atoms with Crippen molar-refractivity contribution < 1.29 is 9.59 Å². The van der Waals surface area contributed by atoms with Crippen LogP contribution in [0.25, 0.3) is 11.0 Å². The first-order valence-corrected chi connectivity index (χ1v) is 10.9. The first kappa shape index (κ1) is 21.1. The third-order valence-corrected chi connectivity index (χ3v) is 6.11. The molecular weight excluding hydrogens is 388 g/mol. The number of nitrogens with zero attached hydrogens (tertiary/aromatic N) is 3. The number of carbonyl (C=O) groups is 2. The van der Waals surface area contributed by atoms with Gasteiger partial charge in [-0.2, -0.15) is 0 Å². The Bertz CT molecular complexity index is 1120. The quantitative estimate of drug-likeness (QED) is 0.660. The van der Waals surface area contributed by atoms with Crippen molar-refractivity contribution in [3.05, 3.63) is 65.5 Å². The lowest BCUT2D eigenvalue weighted by Gasteiger charge is -2.43. The zero-order valence-corrected chi connectivity index (χ0v) is 18.7. The van der Waals surface area contributed by atoms with Crippen LogP contribution < -0.4 is 5.32 Å². The van der Waals surface area contributed by atoms with Gasteiger partial charge in [0.15, 0.2) is 5.82 Å². The van der Waals surface area contributed by atoms with Gasteiger partial charge in [-0.05, 0) is 43.9 Å². The van der Waals surface area contributed by atoms with Crippen molar-refractivity contribution in [1.82, 2.24) is 19.8 Å².